The van der Waals surface area contributed by atoms with E-state index in [9.17, 15) is 13.2 Å². The van der Waals surface area contributed by atoms with E-state index in [2.05, 4.69) is 10.3 Å². The van der Waals surface area contributed by atoms with Crippen LogP contribution < -0.4 is 0 Å². The Kier molecular flexibility index (Phi) is 3.00. The van der Waals surface area contributed by atoms with E-state index in [1.54, 1.807) is 13.1 Å². The number of carbonyl (C=O) groups excluding carboxylic acids is 1. The molecule has 0 bridgehead atoms. The molecule has 0 aliphatic carbocycles. The van der Waals surface area contributed by atoms with Crippen molar-refractivity contribution >= 4 is 15.6 Å². The van der Waals surface area contributed by atoms with Crippen LogP contribution in [0.3, 0.4) is 0 Å². The van der Waals surface area contributed by atoms with Crippen molar-refractivity contribution in [2.45, 2.75) is 4.90 Å². The average molecular weight is 265 g/mol. The fourth-order valence-electron chi connectivity index (χ4n) is 1.51. The number of rotatable bonds is 3. The van der Waals surface area contributed by atoms with Crippen molar-refractivity contribution in [3.63, 3.8) is 0 Å². The van der Waals surface area contributed by atoms with Crippen molar-refractivity contribution in [3.05, 3.63) is 41.7 Å². The van der Waals surface area contributed by atoms with Crippen LogP contribution in [0.25, 0.3) is 0 Å². The molecule has 1 aromatic heterocycles. The van der Waals surface area contributed by atoms with Gasteiger partial charge in [0.2, 0.25) is 5.78 Å². The zero-order valence-electron chi connectivity index (χ0n) is 9.86. The van der Waals surface area contributed by atoms with Gasteiger partial charge in [-0.25, -0.2) is 13.1 Å². The van der Waals surface area contributed by atoms with E-state index in [4.69, 9.17) is 0 Å². The Morgan fingerprint density at radius 1 is 1.33 bits per heavy atom. The van der Waals surface area contributed by atoms with Crippen LogP contribution in [0.1, 0.15) is 16.1 Å². The van der Waals surface area contributed by atoms with E-state index in [1.165, 1.54) is 29.1 Å². The highest BCUT2D eigenvalue weighted by atomic mass is 32.2. The summed E-state index contributed by atoms with van der Waals surface area (Å²) in [6.07, 6.45) is 2.44. The second-order valence-electron chi connectivity index (χ2n) is 3.87. The van der Waals surface area contributed by atoms with Crippen LogP contribution in [0.2, 0.25) is 0 Å². The van der Waals surface area contributed by atoms with Crippen LogP contribution in [0.5, 0.6) is 0 Å². The lowest BCUT2D eigenvalue weighted by Crippen LogP contribution is -2.09. The van der Waals surface area contributed by atoms with E-state index in [1.807, 2.05) is 0 Å². The van der Waals surface area contributed by atoms with Gasteiger partial charge >= 0.3 is 0 Å². The van der Waals surface area contributed by atoms with Crippen LogP contribution in [0, 0.1) is 0 Å². The summed E-state index contributed by atoms with van der Waals surface area (Å²) in [4.78, 5) is 12.2. The van der Waals surface area contributed by atoms with E-state index < -0.39 is 9.84 Å². The van der Waals surface area contributed by atoms with Gasteiger partial charge in [-0.2, -0.15) is 0 Å². The van der Waals surface area contributed by atoms with Gasteiger partial charge in [0.1, 0.15) is 5.69 Å². The summed E-state index contributed by atoms with van der Waals surface area (Å²) in [5, 5.41) is 7.28. The van der Waals surface area contributed by atoms with Gasteiger partial charge in [-0.3, -0.25) is 4.79 Å². The molecule has 0 N–H and O–H groups in total. The topological polar surface area (TPSA) is 81.9 Å². The van der Waals surface area contributed by atoms with Crippen molar-refractivity contribution in [1.82, 2.24) is 15.0 Å². The quantitative estimate of drug-likeness (QED) is 0.752. The first-order valence-corrected chi connectivity index (χ1v) is 6.98. The lowest BCUT2D eigenvalue weighted by Gasteiger charge is -2.03. The smallest absolute Gasteiger partial charge is 0.212 e. The van der Waals surface area contributed by atoms with Gasteiger partial charge in [-0.1, -0.05) is 17.3 Å². The summed E-state index contributed by atoms with van der Waals surface area (Å²) >= 11 is 0. The second-order valence-corrected chi connectivity index (χ2v) is 5.89. The number of hydrogen-bond acceptors (Lipinski definition) is 5. The lowest BCUT2D eigenvalue weighted by molar-refractivity contribution is 0.103. The largest absolute Gasteiger partial charge is 0.287 e. The molecule has 0 spiro atoms. The summed E-state index contributed by atoms with van der Waals surface area (Å²) in [6, 6.07) is 5.90. The first-order valence-electron chi connectivity index (χ1n) is 5.09. The van der Waals surface area contributed by atoms with Crippen LogP contribution >= 0.6 is 0 Å². The monoisotopic (exact) mass is 265 g/mol. The molecular weight excluding hydrogens is 254 g/mol. The van der Waals surface area contributed by atoms with Crippen LogP contribution in [-0.4, -0.2) is 35.5 Å². The molecule has 1 aromatic carbocycles. The predicted octanol–water partition coefficient (Wildman–Crippen LogP) is 0.450. The third kappa shape index (κ3) is 2.30. The molecule has 0 aliphatic heterocycles. The highest BCUT2D eigenvalue weighted by molar-refractivity contribution is 7.90. The van der Waals surface area contributed by atoms with Gasteiger partial charge in [-0.15, -0.1) is 5.10 Å². The van der Waals surface area contributed by atoms with E-state index >= 15 is 0 Å². The Morgan fingerprint density at radius 2 is 2.06 bits per heavy atom. The molecule has 0 saturated carbocycles. The Bertz CT molecular complexity index is 704. The van der Waals surface area contributed by atoms with E-state index in [0.717, 1.165) is 6.26 Å². The minimum absolute atomic E-state index is 0.114. The summed E-state index contributed by atoms with van der Waals surface area (Å²) in [5.41, 5.74) is 0.601. The number of nitrogens with zero attached hydrogens (tertiary/aromatic N) is 3. The molecule has 0 aliphatic rings. The molecule has 0 saturated heterocycles. The van der Waals surface area contributed by atoms with Gasteiger partial charge in [0, 0.05) is 18.9 Å². The zero-order valence-corrected chi connectivity index (χ0v) is 10.7. The fraction of sp³-hybridized carbons (Fsp3) is 0.182. The van der Waals surface area contributed by atoms with Gasteiger partial charge in [0.25, 0.3) is 0 Å². The Morgan fingerprint density at radius 3 is 2.61 bits per heavy atom. The zero-order chi connectivity index (χ0) is 13.3. The molecule has 7 heteroatoms. The van der Waals surface area contributed by atoms with Crippen molar-refractivity contribution < 1.29 is 13.2 Å². The lowest BCUT2D eigenvalue weighted by atomic mass is 10.1. The molecular formula is C11H11N3O3S. The SMILES string of the molecule is Cn1nncc1C(=O)c1cccc(S(C)(=O)=O)c1. The highest BCUT2D eigenvalue weighted by Crippen LogP contribution is 2.14. The molecule has 2 rings (SSSR count). The summed E-state index contributed by atoms with van der Waals surface area (Å²) < 4.78 is 24.2. The Balaban J connectivity index is 2.47. The van der Waals surface area contributed by atoms with E-state index in [0.29, 0.717) is 11.3 Å². The maximum Gasteiger partial charge on any atom is 0.212 e. The van der Waals surface area contributed by atoms with Crippen molar-refractivity contribution in [2.75, 3.05) is 6.26 Å². The number of aromatic nitrogens is 3. The number of carbonyl (C=O) groups is 1. The van der Waals surface area contributed by atoms with Crippen molar-refractivity contribution in [3.8, 4) is 0 Å². The molecule has 0 atom stereocenters. The molecule has 0 amide bonds. The normalized spacial score (nSPS) is 11.4. The number of ketones is 1. The minimum Gasteiger partial charge on any atom is -0.287 e. The standard InChI is InChI=1S/C11H11N3O3S/c1-14-10(7-12-13-14)11(15)8-4-3-5-9(6-8)18(2,16)17/h3-7H,1-2H3. The molecule has 1 heterocycles. The van der Waals surface area contributed by atoms with Crippen LogP contribution in [-0.2, 0) is 16.9 Å². The van der Waals surface area contributed by atoms with Crippen molar-refractivity contribution in [1.29, 1.82) is 0 Å². The maximum absolute atomic E-state index is 12.1. The van der Waals surface area contributed by atoms with Gasteiger partial charge in [-0.05, 0) is 12.1 Å². The summed E-state index contributed by atoms with van der Waals surface area (Å²) in [7, 11) is -1.73. The first kappa shape index (κ1) is 12.4. The molecule has 0 fully saturated rings. The third-order valence-electron chi connectivity index (χ3n) is 2.47. The van der Waals surface area contributed by atoms with Crippen molar-refractivity contribution in [2.24, 2.45) is 7.05 Å². The summed E-state index contributed by atoms with van der Waals surface area (Å²) in [6.45, 7) is 0. The van der Waals surface area contributed by atoms with Gasteiger partial charge in [0.15, 0.2) is 9.84 Å². The number of hydrogen-bond donors (Lipinski definition) is 0. The highest BCUT2D eigenvalue weighted by Gasteiger charge is 2.16. The maximum atomic E-state index is 12.1. The van der Waals surface area contributed by atoms with Crippen LogP contribution in [0.15, 0.2) is 35.4 Å². The van der Waals surface area contributed by atoms with Crippen LogP contribution in [0.4, 0.5) is 0 Å². The molecule has 94 valence electrons. The number of aryl methyl sites for hydroxylation is 1. The first-order chi connectivity index (χ1) is 8.39. The predicted molar refractivity (Wildman–Crippen MR) is 64.0 cm³/mol. The average Bonchev–Trinajstić information content (AvgIpc) is 2.73. The third-order valence-corrected chi connectivity index (χ3v) is 3.58. The Labute approximate surface area is 104 Å². The molecule has 0 unspecified atom stereocenters. The molecule has 0 radical (unpaired) electrons. The van der Waals surface area contributed by atoms with Gasteiger partial charge in [0.05, 0.1) is 11.1 Å². The summed E-state index contributed by atoms with van der Waals surface area (Å²) in [5.74, 6) is -0.312. The second kappa shape index (κ2) is 4.34. The Hall–Kier alpha value is -2.02. The van der Waals surface area contributed by atoms with E-state index in [-0.39, 0.29) is 10.7 Å². The fourth-order valence-corrected chi connectivity index (χ4v) is 2.18. The molecule has 18 heavy (non-hydrogen) atoms. The minimum atomic E-state index is -3.33. The molecule has 2 aromatic rings. The number of sulfone groups is 1. The number of benzene rings is 1. The van der Waals surface area contributed by atoms with Gasteiger partial charge < -0.3 is 0 Å². The molecule has 6 nitrogen and oxygen atoms in total.